The van der Waals surface area contributed by atoms with Gasteiger partial charge in [-0.2, -0.15) is 6.54 Å². The second-order valence-electron chi connectivity index (χ2n) is 2.93. The molecule has 0 N–H and O–H groups in total. The maximum atomic E-state index is 3.80. The molecule has 1 radical (unpaired) electrons. The molecule has 0 aromatic rings. The standard InChI is InChI=1S/C7H15N.C2H6.Y/c1-6-8(5)7(2,3)4;1-2;/h1,5-6H2,2-4H3;1-2H3;/q-2;;. The summed E-state index contributed by atoms with van der Waals surface area (Å²) in [4.78, 5) is 1.95. The van der Waals surface area contributed by atoms with E-state index in [1.54, 1.807) is 0 Å². The smallest absolute Gasteiger partial charge is 0 e. The van der Waals surface area contributed by atoms with Crippen LogP contribution in [0.1, 0.15) is 34.6 Å². The molecule has 0 aromatic heterocycles. The molecule has 1 nitrogen and oxygen atoms in total. The molecule has 67 valence electrons. The van der Waals surface area contributed by atoms with Crippen molar-refractivity contribution in [3.8, 4) is 0 Å². The molecular formula is C9H21NY-2. The van der Waals surface area contributed by atoms with Crippen molar-refractivity contribution in [2.75, 3.05) is 6.54 Å². The van der Waals surface area contributed by atoms with Gasteiger partial charge >= 0.3 is 0 Å². The first kappa shape index (κ1) is 18.0. The van der Waals surface area contributed by atoms with Crippen molar-refractivity contribution in [2.45, 2.75) is 40.2 Å². The van der Waals surface area contributed by atoms with Crippen molar-refractivity contribution in [1.82, 2.24) is 4.90 Å². The van der Waals surface area contributed by atoms with E-state index in [0.29, 0.717) is 0 Å². The monoisotopic (exact) mass is 232 g/mol. The largest absolute Gasteiger partial charge is 0.480 e. The molecule has 0 heterocycles. The summed E-state index contributed by atoms with van der Waals surface area (Å²) in [7, 11) is 3.80. The average molecular weight is 232 g/mol. The molecule has 0 aliphatic rings. The molecule has 2 heteroatoms. The molecular weight excluding hydrogens is 211 g/mol. The first-order valence-electron chi connectivity index (χ1n) is 3.86. The zero-order valence-electron chi connectivity index (χ0n) is 8.65. The Hall–Kier alpha value is 1.06. The van der Waals surface area contributed by atoms with Crippen LogP contribution < -0.4 is 0 Å². The van der Waals surface area contributed by atoms with Crippen LogP contribution >= 0.6 is 0 Å². The Bertz CT molecular complexity index is 66.5. The van der Waals surface area contributed by atoms with Crippen LogP contribution in [0.5, 0.6) is 0 Å². The molecule has 0 amide bonds. The van der Waals surface area contributed by atoms with Gasteiger partial charge in [-0.15, -0.1) is 0 Å². The molecule has 0 unspecified atom stereocenters. The van der Waals surface area contributed by atoms with Crippen molar-refractivity contribution in [3.63, 3.8) is 0 Å². The minimum atomic E-state index is 0. The van der Waals surface area contributed by atoms with Gasteiger partial charge in [-0.1, -0.05) is 13.8 Å². The van der Waals surface area contributed by atoms with E-state index >= 15 is 0 Å². The van der Waals surface area contributed by atoms with Gasteiger partial charge in [0.25, 0.3) is 0 Å². The fourth-order valence-electron chi connectivity index (χ4n) is 0.335. The van der Waals surface area contributed by atoms with E-state index in [-0.39, 0.29) is 38.2 Å². The second-order valence-corrected chi connectivity index (χ2v) is 2.93. The first-order chi connectivity index (χ1) is 4.48. The van der Waals surface area contributed by atoms with Gasteiger partial charge < -0.3 is 11.8 Å². The third kappa shape index (κ3) is 11.1. The minimum Gasteiger partial charge on any atom is -0.480 e. The van der Waals surface area contributed by atoms with Crippen LogP contribution in [0.3, 0.4) is 0 Å². The molecule has 0 rings (SSSR count). The topological polar surface area (TPSA) is 3.24 Å². The third-order valence-corrected chi connectivity index (χ3v) is 1.22. The van der Waals surface area contributed by atoms with E-state index in [4.69, 9.17) is 0 Å². The fourth-order valence-corrected chi connectivity index (χ4v) is 0.335. The van der Waals surface area contributed by atoms with Crippen molar-refractivity contribution in [3.05, 3.63) is 14.0 Å². The molecule has 0 aliphatic carbocycles. The first-order valence-corrected chi connectivity index (χ1v) is 3.86. The molecule has 0 atom stereocenters. The van der Waals surface area contributed by atoms with E-state index in [1.165, 1.54) is 0 Å². The van der Waals surface area contributed by atoms with Crippen LogP contribution in [0.25, 0.3) is 0 Å². The third-order valence-electron chi connectivity index (χ3n) is 1.22. The average Bonchev–Trinajstić information content (AvgIpc) is 1.89. The molecule has 0 fully saturated rings. The van der Waals surface area contributed by atoms with Crippen LogP contribution in [0.15, 0.2) is 0 Å². The summed E-state index contributed by atoms with van der Waals surface area (Å²) in [6.45, 7) is 14.8. The number of hydrogen-bond acceptors (Lipinski definition) is 1. The molecule has 0 bridgehead atoms. The van der Waals surface area contributed by atoms with Gasteiger partial charge in [-0.25, -0.2) is 0 Å². The fraction of sp³-hybridized carbons (Fsp3) is 0.778. The number of hydrogen-bond donors (Lipinski definition) is 0. The van der Waals surface area contributed by atoms with E-state index in [0.717, 1.165) is 6.54 Å². The second kappa shape index (κ2) is 9.15. The summed E-state index contributed by atoms with van der Waals surface area (Å²) in [5.41, 5.74) is 0.168. The van der Waals surface area contributed by atoms with Crippen LogP contribution in [0.2, 0.25) is 0 Å². The maximum absolute atomic E-state index is 3.80. The van der Waals surface area contributed by atoms with Gasteiger partial charge in [-0.05, 0) is 26.3 Å². The summed E-state index contributed by atoms with van der Waals surface area (Å²) in [6, 6.07) is 0. The zero-order chi connectivity index (χ0) is 8.78. The van der Waals surface area contributed by atoms with E-state index < -0.39 is 0 Å². The van der Waals surface area contributed by atoms with E-state index in [9.17, 15) is 0 Å². The van der Waals surface area contributed by atoms with Crippen molar-refractivity contribution in [1.29, 1.82) is 0 Å². The molecule has 0 saturated heterocycles. The summed E-state index contributed by atoms with van der Waals surface area (Å²) in [5, 5.41) is 0. The zero-order valence-corrected chi connectivity index (χ0v) is 11.5. The van der Waals surface area contributed by atoms with Gasteiger partial charge in [-0.3, -0.25) is 7.05 Å². The summed E-state index contributed by atoms with van der Waals surface area (Å²) >= 11 is 0. The number of rotatable bonds is 1. The predicted octanol–water partition coefficient (Wildman–Crippen LogP) is 2.74. The Kier molecular flexibility index (Phi) is 15.0. The Labute approximate surface area is 97.8 Å². The van der Waals surface area contributed by atoms with Gasteiger partial charge in [0.05, 0.1) is 0 Å². The van der Waals surface area contributed by atoms with Crippen molar-refractivity contribution >= 4 is 0 Å². The van der Waals surface area contributed by atoms with Gasteiger partial charge in [0, 0.05) is 32.7 Å². The van der Waals surface area contributed by atoms with Crippen LogP contribution in [0, 0.1) is 14.0 Å². The van der Waals surface area contributed by atoms with Crippen LogP contribution in [0.4, 0.5) is 0 Å². The SMILES string of the molecule is CC.[CH2-]CN([CH2-])C(C)(C)C.[Y]. The molecule has 11 heavy (non-hydrogen) atoms. The summed E-state index contributed by atoms with van der Waals surface area (Å²) in [5.74, 6) is 0. The molecule has 0 aliphatic heterocycles. The van der Waals surface area contributed by atoms with Gasteiger partial charge in [0.2, 0.25) is 0 Å². The Morgan fingerprint density at radius 1 is 1.18 bits per heavy atom. The van der Waals surface area contributed by atoms with E-state index in [2.05, 4.69) is 34.7 Å². The number of nitrogens with zero attached hydrogens (tertiary/aromatic N) is 1. The quantitative estimate of drug-likeness (QED) is 0.628. The minimum absolute atomic E-state index is 0. The Morgan fingerprint density at radius 2 is 1.45 bits per heavy atom. The summed E-state index contributed by atoms with van der Waals surface area (Å²) < 4.78 is 0. The summed E-state index contributed by atoms with van der Waals surface area (Å²) in [6.07, 6.45) is 0. The van der Waals surface area contributed by atoms with Gasteiger partial charge in [0.15, 0.2) is 0 Å². The van der Waals surface area contributed by atoms with Crippen molar-refractivity contribution in [2.24, 2.45) is 0 Å². The predicted molar refractivity (Wildman–Crippen MR) is 48.5 cm³/mol. The van der Waals surface area contributed by atoms with Gasteiger partial charge in [0.1, 0.15) is 0 Å². The Balaban J connectivity index is -0.000000196. The molecule has 0 saturated carbocycles. The molecule has 0 aromatic carbocycles. The van der Waals surface area contributed by atoms with Crippen LogP contribution in [-0.2, 0) is 32.7 Å². The van der Waals surface area contributed by atoms with Crippen LogP contribution in [-0.4, -0.2) is 17.0 Å². The Morgan fingerprint density at radius 3 is 1.45 bits per heavy atom. The maximum Gasteiger partial charge on any atom is 0 e. The van der Waals surface area contributed by atoms with Crippen molar-refractivity contribution < 1.29 is 32.7 Å². The normalized spacial score (nSPS) is 9.82. The molecule has 0 spiro atoms. The van der Waals surface area contributed by atoms with E-state index in [1.807, 2.05) is 18.7 Å².